The minimum atomic E-state index is -1.40. The second-order valence-electron chi connectivity index (χ2n) is 5.34. The third kappa shape index (κ3) is 4.24. The van der Waals surface area contributed by atoms with E-state index in [0.29, 0.717) is 13.2 Å². The Balaban J connectivity index is 3.21. The Hall–Kier alpha value is -1.22. The molecule has 8 heteroatoms. The van der Waals surface area contributed by atoms with Crippen molar-refractivity contribution < 1.29 is 38.0 Å². The predicted octanol–water partition coefficient (Wildman–Crippen LogP) is 1.40. The van der Waals surface area contributed by atoms with Crippen LogP contribution in [-0.2, 0) is 38.0 Å². The van der Waals surface area contributed by atoms with E-state index in [-0.39, 0.29) is 13.2 Å². The van der Waals surface area contributed by atoms with Crippen molar-refractivity contribution in [1.82, 2.24) is 0 Å². The topological polar surface area (TPSA) is 89.5 Å². The van der Waals surface area contributed by atoms with Crippen LogP contribution in [0.3, 0.4) is 0 Å². The van der Waals surface area contributed by atoms with Crippen LogP contribution in [0.15, 0.2) is 0 Å². The van der Waals surface area contributed by atoms with E-state index in [9.17, 15) is 9.59 Å². The number of ether oxygens (including phenoxy) is 6. The largest absolute Gasteiger partial charge is 0.464 e. The van der Waals surface area contributed by atoms with Gasteiger partial charge in [0.2, 0.25) is 11.6 Å². The Morgan fingerprint density at radius 3 is 1.33 bits per heavy atom. The minimum Gasteiger partial charge on any atom is -0.464 e. The molecule has 0 N–H and O–H groups in total. The molecule has 1 fully saturated rings. The van der Waals surface area contributed by atoms with Crippen LogP contribution in [0, 0.1) is 0 Å². The SMILES string of the molecule is CCOC(=O)[C@@H]1O[C@](C)(OCC)[C@](C)(OCC)O[C@H]1C(=O)OCC. The molecule has 0 bridgehead atoms. The van der Waals surface area contributed by atoms with Gasteiger partial charge in [-0.05, 0) is 41.5 Å². The van der Waals surface area contributed by atoms with E-state index in [4.69, 9.17) is 28.4 Å². The third-order valence-corrected chi connectivity index (χ3v) is 3.68. The van der Waals surface area contributed by atoms with Crippen molar-refractivity contribution in [3.8, 4) is 0 Å². The molecule has 1 heterocycles. The van der Waals surface area contributed by atoms with Gasteiger partial charge in [0, 0.05) is 13.2 Å². The Morgan fingerprint density at radius 2 is 1.08 bits per heavy atom. The number of carbonyl (C=O) groups excluding carboxylic acids is 2. The Labute approximate surface area is 142 Å². The van der Waals surface area contributed by atoms with Crippen LogP contribution in [0.4, 0.5) is 0 Å². The summed E-state index contributed by atoms with van der Waals surface area (Å²) in [4.78, 5) is 24.5. The molecule has 0 spiro atoms. The zero-order valence-electron chi connectivity index (χ0n) is 15.2. The van der Waals surface area contributed by atoms with Crippen LogP contribution in [0.25, 0.3) is 0 Å². The Morgan fingerprint density at radius 1 is 0.750 bits per heavy atom. The normalized spacial score (nSPS) is 33.1. The van der Waals surface area contributed by atoms with E-state index in [1.807, 2.05) is 0 Å². The first-order chi connectivity index (χ1) is 11.3. The molecule has 1 saturated heterocycles. The minimum absolute atomic E-state index is 0.141. The summed E-state index contributed by atoms with van der Waals surface area (Å²) in [5.74, 6) is -4.25. The van der Waals surface area contributed by atoms with E-state index in [1.54, 1.807) is 41.5 Å². The Kier molecular flexibility index (Phi) is 7.59. The van der Waals surface area contributed by atoms with E-state index < -0.39 is 35.7 Å². The van der Waals surface area contributed by atoms with Gasteiger partial charge < -0.3 is 28.4 Å². The molecule has 140 valence electrons. The van der Waals surface area contributed by atoms with Crippen molar-refractivity contribution in [3.05, 3.63) is 0 Å². The Bertz CT molecular complexity index is 400. The molecule has 0 aromatic heterocycles. The number of hydrogen-bond donors (Lipinski definition) is 0. The first-order valence-corrected chi connectivity index (χ1v) is 8.25. The fourth-order valence-corrected chi connectivity index (χ4v) is 2.50. The molecule has 1 aliphatic rings. The summed E-state index contributed by atoms with van der Waals surface area (Å²) in [6.07, 6.45) is -2.62. The molecular weight excluding hydrogens is 320 g/mol. The van der Waals surface area contributed by atoms with Gasteiger partial charge in [0.15, 0.2) is 12.2 Å². The molecule has 4 atom stereocenters. The molecule has 0 unspecified atom stereocenters. The van der Waals surface area contributed by atoms with Crippen molar-refractivity contribution in [1.29, 1.82) is 0 Å². The molecule has 0 aromatic carbocycles. The van der Waals surface area contributed by atoms with Gasteiger partial charge >= 0.3 is 11.9 Å². The summed E-state index contributed by atoms with van der Waals surface area (Å²) in [5, 5.41) is 0. The average Bonchev–Trinajstić information content (AvgIpc) is 2.51. The van der Waals surface area contributed by atoms with Crippen LogP contribution in [0.2, 0.25) is 0 Å². The van der Waals surface area contributed by atoms with Crippen molar-refractivity contribution in [2.24, 2.45) is 0 Å². The lowest BCUT2D eigenvalue weighted by molar-refractivity contribution is -0.447. The lowest BCUT2D eigenvalue weighted by atomic mass is 10.0. The highest BCUT2D eigenvalue weighted by Crippen LogP contribution is 2.40. The van der Waals surface area contributed by atoms with Crippen LogP contribution in [0.5, 0.6) is 0 Å². The molecule has 8 nitrogen and oxygen atoms in total. The van der Waals surface area contributed by atoms with E-state index in [2.05, 4.69) is 0 Å². The summed E-state index contributed by atoms with van der Waals surface area (Å²) in [5.41, 5.74) is 0. The van der Waals surface area contributed by atoms with Gasteiger partial charge in [-0.25, -0.2) is 9.59 Å². The molecule has 1 rings (SSSR count). The molecule has 0 radical (unpaired) electrons. The van der Waals surface area contributed by atoms with E-state index in [1.165, 1.54) is 0 Å². The monoisotopic (exact) mass is 348 g/mol. The average molecular weight is 348 g/mol. The van der Waals surface area contributed by atoms with Gasteiger partial charge in [0.1, 0.15) is 0 Å². The first-order valence-electron chi connectivity index (χ1n) is 8.25. The number of carbonyl (C=O) groups is 2. The lowest BCUT2D eigenvalue weighted by Gasteiger charge is -2.51. The molecule has 1 aliphatic heterocycles. The van der Waals surface area contributed by atoms with Gasteiger partial charge in [-0.2, -0.15) is 0 Å². The van der Waals surface area contributed by atoms with E-state index in [0.717, 1.165) is 0 Å². The maximum atomic E-state index is 12.2. The van der Waals surface area contributed by atoms with Gasteiger partial charge in [0.25, 0.3) is 0 Å². The molecule has 24 heavy (non-hydrogen) atoms. The lowest BCUT2D eigenvalue weighted by Crippen LogP contribution is -2.68. The first kappa shape index (κ1) is 20.8. The standard InChI is InChI=1S/C16H28O8/c1-7-19-13(17)11-12(14(18)20-8-2)24-16(6,22-10-4)15(5,23-11)21-9-3/h11-12H,7-10H2,1-6H3/t11-,12-,15-,16+/m1/s1. The highest BCUT2D eigenvalue weighted by molar-refractivity contribution is 5.86. The predicted molar refractivity (Wildman–Crippen MR) is 83.1 cm³/mol. The van der Waals surface area contributed by atoms with Gasteiger partial charge in [0.05, 0.1) is 13.2 Å². The summed E-state index contributed by atoms with van der Waals surface area (Å²) in [6, 6.07) is 0. The van der Waals surface area contributed by atoms with Crippen molar-refractivity contribution >= 4 is 11.9 Å². The summed E-state index contributed by atoms with van der Waals surface area (Å²) >= 11 is 0. The van der Waals surface area contributed by atoms with Gasteiger partial charge in [-0.15, -0.1) is 0 Å². The molecule has 0 aliphatic carbocycles. The van der Waals surface area contributed by atoms with Crippen molar-refractivity contribution in [2.75, 3.05) is 26.4 Å². The third-order valence-electron chi connectivity index (χ3n) is 3.68. The zero-order valence-corrected chi connectivity index (χ0v) is 15.2. The molecule has 0 amide bonds. The maximum absolute atomic E-state index is 12.2. The van der Waals surface area contributed by atoms with Crippen LogP contribution < -0.4 is 0 Å². The number of rotatable bonds is 8. The summed E-state index contributed by atoms with van der Waals surface area (Å²) < 4.78 is 32.9. The summed E-state index contributed by atoms with van der Waals surface area (Å²) in [6.45, 7) is 10.9. The molecular formula is C16H28O8. The fraction of sp³-hybridized carbons (Fsp3) is 0.875. The smallest absolute Gasteiger partial charge is 0.338 e. The van der Waals surface area contributed by atoms with Crippen LogP contribution in [-0.4, -0.2) is 62.1 Å². The van der Waals surface area contributed by atoms with Crippen LogP contribution >= 0.6 is 0 Å². The second kappa shape index (κ2) is 8.75. The highest BCUT2D eigenvalue weighted by atomic mass is 16.8. The quantitative estimate of drug-likeness (QED) is 0.608. The number of hydrogen-bond acceptors (Lipinski definition) is 8. The molecule has 0 aromatic rings. The van der Waals surface area contributed by atoms with Gasteiger partial charge in [-0.1, -0.05) is 0 Å². The number of esters is 2. The molecule has 0 saturated carbocycles. The van der Waals surface area contributed by atoms with Crippen molar-refractivity contribution in [3.63, 3.8) is 0 Å². The zero-order chi connectivity index (χ0) is 18.4. The van der Waals surface area contributed by atoms with E-state index >= 15 is 0 Å². The van der Waals surface area contributed by atoms with Crippen molar-refractivity contribution in [2.45, 2.75) is 65.3 Å². The second-order valence-corrected chi connectivity index (χ2v) is 5.34. The fourth-order valence-electron chi connectivity index (χ4n) is 2.50. The van der Waals surface area contributed by atoms with Gasteiger partial charge in [-0.3, -0.25) is 0 Å². The van der Waals surface area contributed by atoms with Crippen LogP contribution in [0.1, 0.15) is 41.5 Å². The maximum Gasteiger partial charge on any atom is 0.338 e. The summed E-state index contributed by atoms with van der Waals surface area (Å²) in [7, 11) is 0. The highest BCUT2D eigenvalue weighted by Gasteiger charge is 2.61.